The third kappa shape index (κ3) is 3.65. The van der Waals surface area contributed by atoms with Gasteiger partial charge in [-0.3, -0.25) is 9.59 Å². The zero-order valence-corrected chi connectivity index (χ0v) is 13.4. The van der Waals surface area contributed by atoms with Crippen LogP contribution in [-0.2, 0) is 9.59 Å². The first-order valence-corrected chi connectivity index (χ1v) is 7.21. The number of hydrogen-bond acceptors (Lipinski definition) is 2. The van der Waals surface area contributed by atoms with E-state index in [-0.39, 0.29) is 0 Å². The van der Waals surface area contributed by atoms with Crippen LogP contribution in [0.25, 0.3) is 0 Å². The number of carbonyl (C=O) groups is 2. The van der Waals surface area contributed by atoms with Gasteiger partial charge in [-0.25, -0.2) is 0 Å². The molecule has 0 spiro atoms. The molecule has 0 bridgehead atoms. The first-order valence-electron chi connectivity index (χ1n) is 6.83. The minimum absolute atomic E-state index is 0.412. The largest absolute Gasteiger partial charge is 0.318 e. The maximum absolute atomic E-state index is 12.0. The first kappa shape index (κ1) is 16.0. The SMILES string of the molecule is Cc1cc(C)c(NC(=O)C(=O)Nc2ccccc2C)c(Cl)c1. The Labute approximate surface area is 134 Å². The van der Waals surface area contributed by atoms with Gasteiger partial charge in [-0.2, -0.15) is 0 Å². The predicted molar refractivity (Wildman–Crippen MR) is 89.4 cm³/mol. The van der Waals surface area contributed by atoms with Crippen LogP contribution in [0, 0.1) is 20.8 Å². The van der Waals surface area contributed by atoms with E-state index < -0.39 is 11.8 Å². The van der Waals surface area contributed by atoms with Crippen molar-refractivity contribution in [1.82, 2.24) is 0 Å². The molecule has 2 rings (SSSR count). The number of benzene rings is 2. The Morgan fingerprint density at radius 3 is 2.18 bits per heavy atom. The smallest absolute Gasteiger partial charge is 0.314 e. The lowest BCUT2D eigenvalue weighted by atomic mass is 10.1. The number of halogens is 1. The van der Waals surface area contributed by atoms with Crippen LogP contribution in [0.1, 0.15) is 16.7 Å². The molecule has 0 aliphatic rings. The van der Waals surface area contributed by atoms with E-state index in [1.165, 1.54) is 0 Å². The number of nitrogens with one attached hydrogen (secondary N) is 2. The molecule has 2 aromatic rings. The van der Waals surface area contributed by atoms with E-state index in [1.807, 2.05) is 39.0 Å². The summed E-state index contributed by atoms with van der Waals surface area (Å²) in [6.07, 6.45) is 0. The summed E-state index contributed by atoms with van der Waals surface area (Å²) < 4.78 is 0. The average molecular weight is 317 g/mol. The molecule has 0 fully saturated rings. The summed E-state index contributed by atoms with van der Waals surface area (Å²) in [5, 5.41) is 5.56. The normalized spacial score (nSPS) is 10.2. The van der Waals surface area contributed by atoms with Gasteiger partial charge in [0, 0.05) is 5.69 Å². The van der Waals surface area contributed by atoms with Crippen molar-refractivity contribution in [2.45, 2.75) is 20.8 Å². The third-order valence-electron chi connectivity index (χ3n) is 3.27. The highest BCUT2D eigenvalue weighted by Crippen LogP contribution is 2.27. The molecule has 0 unspecified atom stereocenters. The van der Waals surface area contributed by atoms with Gasteiger partial charge in [0.05, 0.1) is 10.7 Å². The summed E-state index contributed by atoms with van der Waals surface area (Å²) in [4.78, 5) is 24.0. The second-order valence-corrected chi connectivity index (χ2v) is 5.57. The van der Waals surface area contributed by atoms with Crippen molar-refractivity contribution in [3.05, 3.63) is 58.1 Å². The molecule has 0 heterocycles. The second-order valence-electron chi connectivity index (χ2n) is 5.16. The Morgan fingerprint density at radius 1 is 0.909 bits per heavy atom. The first-order chi connectivity index (χ1) is 10.4. The van der Waals surface area contributed by atoms with Crippen LogP contribution in [0.3, 0.4) is 0 Å². The molecule has 114 valence electrons. The lowest BCUT2D eigenvalue weighted by Gasteiger charge is -2.12. The van der Waals surface area contributed by atoms with Gasteiger partial charge < -0.3 is 10.6 Å². The standard InChI is InChI=1S/C17H17ClN2O2/c1-10-8-12(3)15(13(18)9-10)20-17(22)16(21)19-14-7-5-4-6-11(14)2/h4-9H,1-3H3,(H,19,21)(H,20,22). The second kappa shape index (κ2) is 6.62. The summed E-state index contributed by atoms with van der Waals surface area (Å²) in [6.45, 7) is 5.59. The Hall–Kier alpha value is -2.33. The number of carbonyl (C=O) groups excluding carboxylic acids is 2. The molecule has 2 amide bonds. The van der Waals surface area contributed by atoms with Gasteiger partial charge in [0.15, 0.2) is 0 Å². The molecule has 0 aliphatic heterocycles. The molecular formula is C17H17ClN2O2. The zero-order valence-electron chi connectivity index (χ0n) is 12.7. The van der Waals surface area contributed by atoms with Crippen molar-refractivity contribution < 1.29 is 9.59 Å². The molecule has 0 aromatic heterocycles. The van der Waals surface area contributed by atoms with Crippen LogP contribution in [0.5, 0.6) is 0 Å². The average Bonchev–Trinajstić information content (AvgIpc) is 2.45. The van der Waals surface area contributed by atoms with E-state index in [0.29, 0.717) is 16.4 Å². The third-order valence-corrected chi connectivity index (χ3v) is 3.57. The summed E-state index contributed by atoms with van der Waals surface area (Å²) in [5.41, 5.74) is 3.74. The fourth-order valence-corrected chi connectivity index (χ4v) is 2.50. The molecule has 0 atom stereocenters. The Bertz CT molecular complexity index is 718. The van der Waals surface area contributed by atoms with Gasteiger partial charge in [0.1, 0.15) is 0 Å². The molecular weight excluding hydrogens is 300 g/mol. The van der Waals surface area contributed by atoms with Crippen molar-refractivity contribution in [3.8, 4) is 0 Å². The van der Waals surface area contributed by atoms with Crippen LogP contribution >= 0.6 is 11.6 Å². The lowest BCUT2D eigenvalue weighted by molar-refractivity contribution is -0.133. The van der Waals surface area contributed by atoms with E-state index in [9.17, 15) is 9.59 Å². The van der Waals surface area contributed by atoms with Gasteiger partial charge in [0.2, 0.25) is 0 Å². The number of amides is 2. The van der Waals surface area contributed by atoms with E-state index >= 15 is 0 Å². The van der Waals surface area contributed by atoms with E-state index in [1.54, 1.807) is 18.2 Å². The minimum Gasteiger partial charge on any atom is -0.318 e. The van der Waals surface area contributed by atoms with Crippen molar-refractivity contribution in [2.75, 3.05) is 10.6 Å². The van der Waals surface area contributed by atoms with Crippen LogP contribution in [-0.4, -0.2) is 11.8 Å². The molecule has 2 N–H and O–H groups in total. The van der Waals surface area contributed by atoms with Gasteiger partial charge in [-0.05, 0) is 49.6 Å². The number of para-hydroxylation sites is 1. The highest BCUT2D eigenvalue weighted by molar-refractivity contribution is 6.45. The number of rotatable bonds is 2. The molecule has 5 heteroatoms. The van der Waals surface area contributed by atoms with Crippen molar-refractivity contribution >= 4 is 34.8 Å². The van der Waals surface area contributed by atoms with Gasteiger partial charge in [-0.15, -0.1) is 0 Å². The van der Waals surface area contributed by atoms with Crippen LogP contribution in [0.15, 0.2) is 36.4 Å². The van der Waals surface area contributed by atoms with Gasteiger partial charge >= 0.3 is 11.8 Å². The van der Waals surface area contributed by atoms with Crippen molar-refractivity contribution in [3.63, 3.8) is 0 Å². The van der Waals surface area contributed by atoms with E-state index in [4.69, 9.17) is 11.6 Å². The Balaban J connectivity index is 2.13. The molecule has 4 nitrogen and oxygen atoms in total. The fraction of sp³-hybridized carbons (Fsp3) is 0.176. The maximum Gasteiger partial charge on any atom is 0.314 e. The van der Waals surface area contributed by atoms with Crippen LogP contribution < -0.4 is 10.6 Å². The zero-order chi connectivity index (χ0) is 16.3. The molecule has 0 saturated heterocycles. The highest BCUT2D eigenvalue weighted by atomic mass is 35.5. The van der Waals surface area contributed by atoms with Crippen LogP contribution in [0.2, 0.25) is 5.02 Å². The monoisotopic (exact) mass is 316 g/mol. The van der Waals surface area contributed by atoms with Crippen molar-refractivity contribution in [2.24, 2.45) is 0 Å². The summed E-state index contributed by atoms with van der Waals surface area (Å²) in [6, 6.07) is 10.9. The Morgan fingerprint density at radius 2 is 1.55 bits per heavy atom. The van der Waals surface area contributed by atoms with Gasteiger partial charge in [0.25, 0.3) is 0 Å². The topological polar surface area (TPSA) is 58.2 Å². The molecule has 22 heavy (non-hydrogen) atoms. The molecule has 0 aliphatic carbocycles. The summed E-state index contributed by atoms with van der Waals surface area (Å²) >= 11 is 6.12. The lowest BCUT2D eigenvalue weighted by Crippen LogP contribution is -2.29. The number of aryl methyl sites for hydroxylation is 3. The Kier molecular flexibility index (Phi) is 4.83. The summed E-state index contributed by atoms with van der Waals surface area (Å²) in [5.74, 6) is -1.48. The predicted octanol–water partition coefficient (Wildman–Crippen LogP) is 3.84. The van der Waals surface area contributed by atoms with E-state index in [0.717, 1.165) is 16.7 Å². The molecule has 2 aromatic carbocycles. The molecule has 0 radical (unpaired) electrons. The van der Waals surface area contributed by atoms with Gasteiger partial charge in [-0.1, -0.05) is 35.9 Å². The number of hydrogen-bond donors (Lipinski definition) is 2. The quantitative estimate of drug-likeness (QED) is 0.827. The number of anilines is 2. The van der Waals surface area contributed by atoms with Crippen LogP contribution in [0.4, 0.5) is 11.4 Å². The molecule has 0 saturated carbocycles. The fourth-order valence-electron chi connectivity index (χ4n) is 2.14. The highest BCUT2D eigenvalue weighted by Gasteiger charge is 2.17. The van der Waals surface area contributed by atoms with E-state index in [2.05, 4.69) is 10.6 Å². The van der Waals surface area contributed by atoms with Crippen molar-refractivity contribution in [1.29, 1.82) is 0 Å². The maximum atomic E-state index is 12.0. The minimum atomic E-state index is -0.753. The summed E-state index contributed by atoms with van der Waals surface area (Å²) in [7, 11) is 0.